The average Bonchev–Trinajstić information content (AvgIpc) is 2.68. The minimum atomic E-state index is -2.88. The Hall–Kier alpha value is -1.75. The Labute approximate surface area is 189 Å². The van der Waals surface area contributed by atoms with Crippen molar-refractivity contribution < 1.29 is 17.7 Å². The summed E-state index contributed by atoms with van der Waals surface area (Å²) in [4.78, 5) is 5.21. The lowest BCUT2D eigenvalue weighted by Crippen LogP contribution is -2.39. The Balaban J connectivity index is 0.00000420. The van der Waals surface area contributed by atoms with Gasteiger partial charge < -0.3 is 15.4 Å². The molecule has 5 nitrogen and oxygen atoms in total. The molecular formula is C20H26F2IN3O2S. The van der Waals surface area contributed by atoms with Crippen molar-refractivity contribution in [2.24, 2.45) is 4.99 Å². The highest BCUT2D eigenvalue weighted by atomic mass is 127. The number of aryl methyl sites for hydroxylation is 1. The lowest BCUT2D eigenvalue weighted by atomic mass is 10.1. The maximum absolute atomic E-state index is 12.6. The summed E-state index contributed by atoms with van der Waals surface area (Å²) in [7, 11) is -1.11. The predicted molar refractivity (Wildman–Crippen MR) is 124 cm³/mol. The molecule has 0 amide bonds. The van der Waals surface area contributed by atoms with Crippen molar-refractivity contribution in [1.82, 2.24) is 10.6 Å². The van der Waals surface area contributed by atoms with E-state index in [1.807, 2.05) is 44.2 Å². The first-order valence-electron chi connectivity index (χ1n) is 8.99. The summed E-state index contributed by atoms with van der Waals surface area (Å²) >= 11 is 0. The van der Waals surface area contributed by atoms with E-state index in [4.69, 9.17) is 0 Å². The standard InChI is InChI=1S/C20H25F2N3O2S.HI/c1-3-23-20(24-11-12-28(26)17-7-5-4-6-8-17)25-14-16-13-15(2)9-10-18(16)27-19(21)22;/h4-10,13,19H,3,11-12,14H2,1-2H3,(H2,23,24,25);1H. The number of alkyl halides is 2. The molecule has 0 aromatic heterocycles. The molecule has 0 aliphatic rings. The number of ether oxygens (including phenoxy) is 1. The van der Waals surface area contributed by atoms with Gasteiger partial charge in [0.1, 0.15) is 5.75 Å². The number of hydrogen-bond acceptors (Lipinski definition) is 3. The molecule has 2 aromatic rings. The van der Waals surface area contributed by atoms with Crippen molar-refractivity contribution >= 4 is 40.7 Å². The topological polar surface area (TPSA) is 62.7 Å². The number of halogens is 3. The van der Waals surface area contributed by atoms with Crippen LogP contribution >= 0.6 is 24.0 Å². The number of hydrogen-bond donors (Lipinski definition) is 2. The first-order valence-corrected chi connectivity index (χ1v) is 10.3. The fourth-order valence-electron chi connectivity index (χ4n) is 2.50. The molecule has 29 heavy (non-hydrogen) atoms. The van der Waals surface area contributed by atoms with Gasteiger partial charge in [-0.25, -0.2) is 4.99 Å². The van der Waals surface area contributed by atoms with Gasteiger partial charge in [0.05, 0.1) is 17.3 Å². The molecule has 0 aliphatic heterocycles. The summed E-state index contributed by atoms with van der Waals surface area (Å²) < 4.78 is 42.0. The molecular weight excluding hydrogens is 511 g/mol. The monoisotopic (exact) mass is 537 g/mol. The second kappa shape index (κ2) is 13.5. The SMILES string of the molecule is CCNC(=NCc1cc(C)ccc1OC(F)F)NCCS(=O)c1ccccc1.I. The van der Waals surface area contributed by atoms with Crippen molar-refractivity contribution in [3.63, 3.8) is 0 Å². The third kappa shape index (κ3) is 9.07. The van der Waals surface area contributed by atoms with Crippen LogP contribution in [0.2, 0.25) is 0 Å². The third-order valence-electron chi connectivity index (χ3n) is 3.77. The molecule has 0 saturated heterocycles. The zero-order valence-corrected chi connectivity index (χ0v) is 19.5. The van der Waals surface area contributed by atoms with Crippen LogP contribution in [0.3, 0.4) is 0 Å². The van der Waals surface area contributed by atoms with Gasteiger partial charge in [-0.3, -0.25) is 4.21 Å². The Morgan fingerprint density at radius 3 is 2.55 bits per heavy atom. The summed E-state index contributed by atoms with van der Waals surface area (Å²) in [5.74, 6) is 1.07. The van der Waals surface area contributed by atoms with E-state index in [2.05, 4.69) is 20.4 Å². The van der Waals surface area contributed by atoms with E-state index < -0.39 is 17.4 Å². The smallest absolute Gasteiger partial charge is 0.387 e. The first kappa shape index (κ1) is 25.3. The minimum absolute atomic E-state index is 0. The molecule has 0 aliphatic carbocycles. The number of benzene rings is 2. The molecule has 0 radical (unpaired) electrons. The average molecular weight is 537 g/mol. The molecule has 0 heterocycles. The molecule has 0 spiro atoms. The van der Waals surface area contributed by atoms with Crippen LogP contribution in [0.25, 0.3) is 0 Å². The van der Waals surface area contributed by atoms with Gasteiger partial charge >= 0.3 is 6.61 Å². The lowest BCUT2D eigenvalue weighted by Gasteiger charge is -2.13. The van der Waals surface area contributed by atoms with E-state index in [0.29, 0.717) is 30.4 Å². The predicted octanol–water partition coefficient (Wildman–Crippen LogP) is 4.08. The normalized spacial score (nSPS) is 12.2. The largest absolute Gasteiger partial charge is 0.434 e. The van der Waals surface area contributed by atoms with Crippen molar-refractivity contribution in [3.05, 3.63) is 59.7 Å². The summed E-state index contributed by atoms with van der Waals surface area (Å²) in [5, 5.41) is 6.22. The molecule has 2 aromatic carbocycles. The number of rotatable bonds is 9. The quantitative estimate of drug-likeness (QED) is 0.288. The molecule has 1 atom stereocenters. The van der Waals surface area contributed by atoms with Gasteiger partial charge in [-0.05, 0) is 32.0 Å². The zero-order chi connectivity index (χ0) is 20.4. The fraction of sp³-hybridized carbons (Fsp3) is 0.350. The van der Waals surface area contributed by atoms with Crippen LogP contribution in [-0.4, -0.2) is 35.6 Å². The minimum Gasteiger partial charge on any atom is -0.434 e. The zero-order valence-electron chi connectivity index (χ0n) is 16.4. The fourth-order valence-corrected chi connectivity index (χ4v) is 3.48. The lowest BCUT2D eigenvalue weighted by molar-refractivity contribution is -0.0504. The van der Waals surface area contributed by atoms with Crippen LogP contribution in [-0.2, 0) is 17.3 Å². The van der Waals surface area contributed by atoms with E-state index in [0.717, 1.165) is 10.5 Å². The van der Waals surface area contributed by atoms with Crippen LogP contribution in [0.15, 0.2) is 58.4 Å². The van der Waals surface area contributed by atoms with Gasteiger partial charge in [-0.15, -0.1) is 24.0 Å². The van der Waals surface area contributed by atoms with Gasteiger partial charge in [0.15, 0.2) is 5.96 Å². The maximum Gasteiger partial charge on any atom is 0.387 e. The van der Waals surface area contributed by atoms with Gasteiger partial charge in [0, 0.05) is 29.3 Å². The molecule has 0 saturated carbocycles. The molecule has 2 rings (SSSR count). The number of nitrogens with one attached hydrogen (secondary N) is 2. The van der Waals surface area contributed by atoms with Gasteiger partial charge in [-0.1, -0.05) is 35.9 Å². The van der Waals surface area contributed by atoms with E-state index >= 15 is 0 Å². The van der Waals surface area contributed by atoms with Crippen LogP contribution in [0.1, 0.15) is 18.1 Å². The molecule has 9 heteroatoms. The highest BCUT2D eigenvalue weighted by Crippen LogP contribution is 2.22. The Morgan fingerprint density at radius 1 is 1.17 bits per heavy atom. The number of guanidine groups is 1. The highest BCUT2D eigenvalue weighted by Gasteiger charge is 2.10. The van der Waals surface area contributed by atoms with Crippen LogP contribution < -0.4 is 15.4 Å². The van der Waals surface area contributed by atoms with Crippen LogP contribution in [0, 0.1) is 6.92 Å². The molecule has 0 fully saturated rings. The van der Waals surface area contributed by atoms with Gasteiger partial charge in [0.2, 0.25) is 0 Å². The second-order valence-corrected chi connectivity index (χ2v) is 7.55. The molecule has 0 bridgehead atoms. The highest BCUT2D eigenvalue weighted by molar-refractivity contribution is 14.0. The van der Waals surface area contributed by atoms with Crippen molar-refractivity contribution in [2.45, 2.75) is 31.9 Å². The Kier molecular flexibility index (Phi) is 11.7. The van der Waals surface area contributed by atoms with E-state index in [-0.39, 0.29) is 36.3 Å². The van der Waals surface area contributed by atoms with Crippen molar-refractivity contribution in [1.29, 1.82) is 0 Å². The van der Waals surface area contributed by atoms with Gasteiger partial charge in [-0.2, -0.15) is 8.78 Å². The van der Waals surface area contributed by atoms with E-state index in [1.165, 1.54) is 6.07 Å². The Morgan fingerprint density at radius 2 is 1.90 bits per heavy atom. The van der Waals surface area contributed by atoms with Crippen molar-refractivity contribution in [2.75, 3.05) is 18.8 Å². The van der Waals surface area contributed by atoms with Gasteiger partial charge in [0.25, 0.3) is 0 Å². The summed E-state index contributed by atoms with van der Waals surface area (Å²) in [6.45, 7) is 2.20. The number of aliphatic imine (C=N–C) groups is 1. The van der Waals surface area contributed by atoms with Crippen molar-refractivity contribution in [3.8, 4) is 5.75 Å². The summed E-state index contributed by atoms with van der Waals surface area (Å²) in [6.07, 6.45) is 0. The van der Waals surface area contributed by atoms with Crippen LogP contribution in [0.5, 0.6) is 5.75 Å². The third-order valence-corrected chi connectivity index (χ3v) is 5.14. The van der Waals surface area contributed by atoms with Crippen LogP contribution in [0.4, 0.5) is 8.78 Å². The second-order valence-electron chi connectivity index (χ2n) is 5.97. The van der Waals surface area contributed by atoms with E-state index in [1.54, 1.807) is 12.1 Å². The maximum atomic E-state index is 12.6. The molecule has 2 N–H and O–H groups in total. The summed E-state index contributed by atoms with van der Waals surface area (Å²) in [5.41, 5.74) is 1.51. The molecule has 160 valence electrons. The Bertz CT molecular complexity index is 808. The number of nitrogens with zero attached hydrogens (tertiary/aromatic N) is 1. The molecule has 1 unspecified atom stereocenters. The van der Waals surface area contributed by atoms with E-state index in [9.17, 15) is 13.0 Å². The first-order chi connectivity index (χ1) is 13.5. The summed E-state index contributed by atoms with van der Waals surface area (Å²) in [6, 6.07) is 14.3.